The van der Waals surface area contributed by atoms with Crippen molar-refractivity contribution in [3.05, 3.63) is 52.8 Å². The molecule has 3 heterocycles. The van der Waals surface area contributed by atoms with Gasteiger partial charge in [0.05, 0.1) is 18.3 Å². The zero-order valence-electron chi connectivity index (χ0n) is 24.0. The van der Waals surface area contributed by atoms with Crippen LogP contribution in [0.25, 0.3) is 0 Å². The van der Waals surface area contributed by atoms with E-state index in [0.717, 1.165) is 60.8 Å². The Kier molecular flexibility index (Phi) is 7.61. The number of carbonyl (C=O) groups is 2. The van der Waals surface area contributed by atoms with Gasteiger partial charge in [0.1, 0.15) is 11.7 Å². The highest BCUT2D eigenvalue weighted by Gasteiger charge is 2.52. The highest BCUT2D eigenvalue weighted by molar-refractivity contribution is 6.62. The SMILES string of the molecule is COC(=O)[C@@H]1CCCCN1Cc1cnc(C(=O)Nc2cccc(B3OC(C)(C)C(C)(C)O3)c2C)cc1C1CC1. The van der Waals surface area contributed by atoms with Crippen molar-refractivity contribution in [2.24, 2.45) is 0 Å². The fourth-order valence-corrected chi connectivity index (χ4v) is 5.53. The van der Waals surface area contributed by atoms with Crippen LogP contribution in [0.5, 0.6) is 0 Å². The molecule has 1 aromatic carbocycles. The first-order chi connectivity index (χ1) is 18.5. The average Bonchev–Trinajstić information content (AvgIpc) is 3.71. The second-order valence-electron chi connectivity index (χ2n) is 12.1. The number of ether oxygens (including phenoxy) is 1. The Morgan fingerprint density at radius 3 is 2.51 bits per heavy atom. The number of carbonyl (C=O) groups excluding carboxylic acids is 2. The molecule has 3 aliphatic rings. The number of nitrogens with zero attached hydrogens (tertiary/aromatic N) is 2. The lowest BCUT2D eigenvalue weighted by Gasteiger charge is -2.34. The molecule has 2 saturated heterocycles. The largest absolute Gasteiger partial charge is 0.495 e. The molecule has 5 rings (SSSR count). The van der Waals surface area contributed by atoms with E-state index in [-0.39, 0.29) is 17.9 Å². The third-order valence-corrected chi connectivity index (χ3v) is 8.86. The fourth-order valence-electron chi connectivity index (χ4n) is 5.53. The molecule has 0 bridgehead atoms. The zero-order valence-corrected chi connectivity index (χ0v) is 24.0. The lowest BCUT2D eigenvalue weighted by atomic mass is 9.76. The quantitative estimate of drug-likeness (QED) is 0.418. The van der Waals surface area contributed by atoms with Gasteiger partial charge in [0.2, 0.25) is 0 Å². The van der Waals surface area contributed by atoms with Gasteiger partial charge in [-0.1, -0.05) is 18.6 Å². The van der Waals surface area contributed by atoms with Gasteiger partial charge in [-0.15, -0.1) is 0 Å². The van der Waals surface area contributed by atoms with Crippen molar-refractivity contribution in [1.82, 2.24) is 9.88 Å². The highest BCUT2D eigenvalue weighted by Crippen LogP contribution is 2.42. The lowest BCUT2D eigenvalue weighted by molar-refractivity contribution is -0.148. The summed E-state index contributed by atoms with van der Waals surface area (Å²) in [6, 6.07) is 7.49. The number of aromatic nitrogens is 1. The van der Waals surface area contributed by atoms with E-state index in [1.165, 1.54) is 7.11 Å². The van der Waals surface area contributed by atoms with Crippen LogP contribution in [-0.4, -0.2) is 59.8 Å². The molecule has 208 valence electrons. The monoisotopic (exact) mass is 533 g/mol. The summed E-state index contributed by atoms with van der Waals surface area (Å²) in [5.74, 6) is 0.0112. The van der Waals surface area contributed by atoms with Crippen LogP contribution in [0.4, 0.5) is 5.69 Å². The number of pyridine rings is 1. The van der Waals surface area contributed by atoms with Gasteiger partial charge < -0.3 is 19.4 Å². The molecule has 1 amide bonds. The zero-order chi connectivity index (χ0) is 27.9. The third-order valence-electron chi connectivity index (χ3n) is 8.86. The van der Waals surface area contributed by atoms with E-state index >= 15 is 0 Å². The molecule has 8 nitrogen and oxygen atoms in total. The highest BCUT2D eigenvalue weighted by atomic mass is 16.7. The molecule has 39 heavy (non-hydrogen) atoms. The Labute approximate surface area is 231 Å². The van der Waals surface area contributed by atoms with Crippen LogP contribution in [0.15, 0.2) is 30.5 Å². The maximum absolute atomic E-state index is 13.4. The number of amides is 1. The minimum Gasteiger partial charge on any atom is -0.468 e. The second kappa shape index (κ2) is 10.7. The summed E-state index contributed by atoms with van der Waals surface area (Å²) in [6.07, 6.45) is 6.92. The van der Waals surface area contributed by atoms with Crippen LogP contribution >= 0.6 is 0 Å². The first-order valence-corrected chi connectivity index (χ1v) is 14.1. The number of benzene rings is 1. The van der Waals surface area contributed by atoms with Crippen molar-refractivity contribution >= 4 is 30.1 Å². The van der Waals surface area contributed by atoms with E-state index in [4.69, 9.17) is 14.0 Å². The Hall–Kier alpha value is -2.75. The molecule has 1 aromatic heterocycles. The van der Waals surface area contributed by atoms with E-state index in [1.54, 1.807) is 0 Å². The van der Waals surface area contributed by atoms with E-state index < -0.39 is 18.3 Å². The molecule has 1 N–H and O–H groups in total. The van der Waals surface area contributed by atoms with Crippen molar-refractivity contribution < 1.29 is 23.6 Å². The predicted octanol–water partition coefficient (Wildman–Crippen LogP) is 4.35. The van der Waals surface area contributed by atoms with Crippen LogP contribution < -0.4 is 10.8 Å². The minimum absolute atomic E-state index is 0.176. The predicted molar refractivity (Wildman–Crippen MR) is 151 cm³/mol. The van der Waals surface area contributed by atoms with Crippen LogP contribution in [0.2, 0.25) is 0 Å². The first kappa shape index (κ1) is 27.8. The Morgan fingerprint density at radius 2 is 1.85 bits per heavy atom. The van der Waals surface area contributed by atoms with Crippen LogP contribution in [0.1, 0.15) is 92.9 Å². The maximum Gasteiger partial charge on any atom is 0.495 e. The van der Waals surface area contributed by atoms with Crippen LogP contribution in [0.3, 0.4) is 0 Å². The number of hydrogen-bond donors (Lipinski definition) is 1. The van der Waals surface area contributed by atoms with Gasteiger partial charge in [0.15, 0.2) is 0 Å². The fraction of sp³-hybridized carbons (Fsp3) is 0.567. The van der Waals surface area contributed by atoms with Gasteiger partial charge >= 0.3 is 13.1 Å². The molecule has 1 atom stereocenters. The van der Waals surface area contributed by atoms with Crippen molar-refractivity contribution in [1.29, 1.82) is 0 Å². The molecule has 1 saturated carbocycles. The van der Waals surface area contributed by atoms with Gasteiger partial charge in [-0.25, -0.2) is 0 Å². The van der Waals surface area contributed by atoms with Gasteiger partial charge in [-0.2, -0.15) is 0 Å². The second-order valence-corrected chi connectivity index (χ2v) is 12.1. The maximum atomic E-state index is 13.4. The molecule has 3 fully saturated rings. The summed E-state index contributed by atoms with van der Waals surface area (Å²) >= 11 is 0. The summed E-state index contributed by atoms with van der Waals surface area (Å²) in [4.78, 5) is 32.5. The number of hydrogen-bond acceptors (Lipinski definition) is 7. The summed E-state index contributed by atoms with van der Waals surface area (Å²) in [5.41, 5.74) is 4.26. The van der Waals surface area contributed by atoms with Gasteiger partial charge in [-0.3, -0.25) is 19.5 Å². The van der Waals surface area contributed by atoms with Gasteiger partial charge in [-0.05, 0) is 107 Å². The first-order valence-electron chi connectivity index (χ1n) is 14.1. The minimum atomic E-state index is -0.505. The van der Waals surface area contributed by atoms with Crippen molar-refractivity contribution in [2.75, 3.05) is 19.0 Å². The number of rotatable bonds is 7. The molecule has 2 aromatic rings. The normalized spacial score (nSPS) is 22.5. The molecule has 2 aliphatic heterocycles. The molecule has 0 unspecified atom stereocenters. The number of esters is 1. The number of likely N-dealkylation sites (tertiary alicyclic amines) is 1. The smallest absolute Gasteiger partial charge is 0.468 e. The van der Waals surface area contributed by atoms with Gasteiger partial charge in [0.25, 0.3) is 5.91 Å². The van der Waals surface area contributed by atoms with Crippen LogP contribution in [0, 0.1) is 6.92 Å². The number of anilines is 1. The topological polar surface area (TPSA) is 90.0 Å². The Balaban J connectivity index is 1.34. The lowest BCUT2D eigenvalue weighted by Crippen LogP contribution is -2.44. The number of piperidine rings is 1. The molecule has 1 aliphatic carbocycles. The summed E-state index contributed by atoms with van der Waals surface area (Å²) in [5, 5.41) is 3.06. The standard InChI is InChI=1S/C30H40BN3O5/c1-19-23(31-38-29(2,3)30(4,5)39-31)10-9-11-24(19)33-27(35)25-16-22(20-13-14-20)21(17-32-25)18-34-15-8-7-12-26(34)28(36)37-6/h9-11,16-17,20,26H,7-8,12-15,18H2,1-6H3,(H,33,35)/t26-/m0/s1. The van der Waals surface area contributed by atoms with E-state index in [0.29, 0.717) is 23.8 Å². The van der Waals surface area contributed by atoms with Gasteiger partial charge in [0, 0.05) is 18.4 Å². The van der Waals surface area contributed by atoms with E-state index in [1.807, 2.05) is 65.1 Å². The number of nitrogens with one attached hydrogen (secondary N) is 1. The molecule has 0 spiro atoms. The number of methoxy groups -OCH3 is 1. The average molecular weight is 533 g/mol. The summed E-state index contributed by atoms with van der Waals surface area (Å²) in [7, 11) is 0.946. The third kappa shape index (κ3) is 5.62. The summed E-state index contributed by atoms with van der Waals surface area (Å²) in [6.45, 7) is 11.6. The van der Waals surface area contributed by atoms with Crippen molar-refractivity contribution in [3.8, 4) is 0 Å². The van der Waals surface area contributed by atoms with Crippen molar-refractivity contribution in [2.45, 2.75) is 96.4 Å². The molecule has 9 heteroatoms. The van der Waals surface area contributed by atoms with Crippen molar-refractivity contribution in [3.63, 3.8) is 0 Å². The molecule has 0 radical (unpaired) electrons. The van der Waals surface area contributed by atoms with E-state index in [9.17, 15) is 9.59 Å². The van der Waals surface area contributed by atoms with E-state index in [2.05, 4.69) is 15.2 Å². The molecular formula is C30H40BN3O5. The molecular weight excluding hydrogens is 493 g/mol. The Bertz CT molecular complexity index is 1240. The Morgan fingerprint density at radius 1 is 1.13 bits per heavy atom. The van der Waals surface area contributed by atoms with Crippen LogP contribution in [-0.2, 0) is 25.4 Å². The summed E-state index contributed by atoms with van der Waals surface area (Å²) < 4.78 is 17.6.